The maximum atomic E-state index is 14.1. The fourth-order valence-corrected chi connectivity index (χ4v) is 6.90. The molecular formula is C25H25F2N5O4S. The number of carbonyl (C=O) groups is 1. The molecule has 194 valence electrons. The lowest BCUT2D eigenvalue weighted by atomic mass is 9.97. The first-order chi connectivity index (χ1) is 17.8. The van der Waals surface area contributed by atoms with Crippen molar-refractivity contribution in [3.8, 4) is 16.3 Å². The number of nitrogens with zero attached hydrogens (tertiary/aromatic N) is 5. The summed E-state index contributed by atoms with van der Waals surface area (Å²) < 4.78 is 34.2. The van der Waals surface area contributed by atoms with Crippen molar-refractivity contribution in [1.82, 2.24) is 19.8 Å². The van der Waals surface area contributed by atoms with Gasteiger partial charge < -0.3 is 14.7 Å². The normalized spacial score (nSPS) is 24.1. The Labute approximate surface area is 214 Å². The molecule has 3 aliphatic rings. The van der Waals surface area contributed by atoms with Crippen molar-refractivity contribution >= 4 is 17.2 Å². The highest BCUT2D eigenvalue weighted by Crippen LogP contribution is 2.61. The molecule has 1 aromatic carbocycles. The van der Waals surface area contributed by atoms with E-state index in [9.17, 15) is 23.5 Å². The van der Waals surface area contributed by atoms with Crippen molar-refractivity contribution in [2.75, 3.05) is 32.3 Å². The van der Waals surface area contributed by atoms with E-state index in [1.807, 2.05) is 12.1 Å². The lowest BCUT2D eigenvalue weighted by Crippen LogP contribution is -2.70. The zero-order chi connectivity index (χ0) is 26.1. The van der Waals surface area contributed by atoms with Crippen LogP contribution < -0.4 is 10.4 Å². The van der Waals surface area contributed by atoms with Gasteiger partial charge in [-0.1, -0.05) is 17.4 Å². The number of hydrogen-bond donors (Lipinski definition) is 1. The Bertz CT molecular complexity index is 1480. The Morgan fingerprint density at radius 2 is 2.08 bits per heavy atom. The summed E-state index contributed by atoms with van der Waals surface area (Å²) in [4.78, 5) is 28.7. The molecule has 1 amide bonds. The van der Waals surface area contributed by atoms with Gasteiger partial charge in [0.25, 0.3) is 5.91 Å². The number of pyridine rings is 1. The second-order valence-corrected chi connectivity index (χ2v) is 10.9. The van der Waals surface area contributed by atoms with Gasteiger partial charge in [-0.2, -0.15) is 0 Å². The summed E-state index contributed by atoms with van der Waals surface area (Å²) in [6.07, 6.45) is 4.40. The molecule has 2 unspecified atom stereocenters. The molecule has 2 fully saturated rings. The van der Waals surface area contributed by atoms with Gasteiger partial charge in [-0.15, -0.1) is 10.2 Å². The highest BCUT2D eigenvalue weighted by atomic mass is 32.1. The van der Waals surface area contributed by atoms with Gasteiger partial charge in [0.15, 0.2) is 16.5 Å². The number of benzene rings is 1. The molecule has 3 atom stereocenters. The van der Waals surface area contributed by atoms with Gasteiger partial charge in [0.2, 0.25) is 5.43 Å². The fraction of sp³-hybridized carbons (Fsp3) is 0.440. The minimum absolute atomic E-state index is 0.0705. The number of carbonyl (C=O) groups excluding carboxylic acids is 1. The number of amides is 1. The van der Waals surface area contributed by atoms with E-state index in [-0.39, 0.29) is 28.2 Å². The lowest BCUT2D eigenvalue weighted by molar-refractivity contribution is 0.0113. The molecule has 3 aromatic rings. The van der Waals surface area contributed by atoms with Gasteiger partial charge in [-0.25, -0.2) is 8.78 Å². The van der Waals surface area contributed by atoms with Crippen LogP contribution >= 0.6 is 11.3 Å². The molecule has 12 heteroatoms. The number of fused-ring (bicyclic) bond motifs is 3. The molecule has 9 nitrogen and oxygen atoms in total. The molecule has 0 saturated heterocycles. The molecular weight excluding hydrogens is 504 g/mol. The number of hydrogen-bond acceptors (Lipinski definition) is 8. The number of aromatic hydroxyl groups is 1. The summed E-state index contributed by atoms with van der Waals surface area (Å²) in [5.74, 6) is -1.58. The average molecular weight is 530 g/mol. The van der Waals surface area contributed by atoms with Crippen LogP contribution in [0.4, 0.5) is 8.78 Å². The minimum atomic E-state index is -0.734. The van der Waals surface area contributed by atoms with Crippen LogP contribution in [0.3, 0.4) is 0 Å². The molecule has 3 heterocycles. The van der Waals surface area contributed by atoms with Crippen LogP contribution in [-0.2, 0) is 11.2 Å². The zero-order valence-electron chi connectivity index (χ0n) is 20.3. The predicted molar refractivity (Wildman–Crippen MR) is 131 cm³/mol. The van der Waals surface area contributed by atoms with E-state index in [0.717, 1.165) is 36.7 Å². The fourth-order valence-electron chi connectivity index (χ4n) is 6.03. The molecule has 0 bridgehead atoms. The van der Waals surface area contributed by atoms with Gasteiger partial charge in [0.05, 0.1) is 12.2 Å². The summed E-state index contributed by atoms with van der Waals surface area (Å²) >= 11 is 1.08. The molecule has 6 rings (SSSR count). The maximum absolute atomic E-state index is 14.1. The molecule has 1 spiro atoms. The molecule has 2 aliphatic carbocycles. The van der Waals surface area contributed by atoms with E-state index >= 15 is 0 Å². The third kappa shape index (κ3) is 3.57. The van der Waals surface area contributed by atoms with E-state index < -0.39 is 34.4 Å². The van der Waals surface area contributed by atoms with Crippen molar-refractivity contribution in [3.63, 3.8) is 0 Å². The van der Waals surface area contributed by atoms with Gasteiger partial charge in [-0.05, 0) is 36.8 Å². The van der Waals surface area contributed by atoms with Crippen molar-refractivity contribution in [1.29, 1.82) is 0 Å². The van der Waals surface area contributed by atoms with Crippen LogP contribution in [0.2, 0.25) is 0 Å². The Kier molecular flexibility index (Phi) is 5.57. The molecule has 0 radical (unpaired) electrons. The smallest absolute Gasteiger partial charge is 0.278 e. The highest BCUT2D eigenvalue weighted by molar-refractivity contribution is 7.14. The molecule has 37 heavy (non-hydrogen) atoms. The van der Waals surface area contributed by atoms with Gasteiger partial charge in [0, 0.05) is 45.3 Å². The predicted octanol–water partition coefficient (Wildman–Crippen LogP) is 2.74. The topological polar surface area (TPSA) is 101 Å². The molecule has 2 aromatic heterocycles. The van der Waals surface area contributed by atoms with Crippen LogP contribution in [-0.4, -0.2) is 63.8 Å². The Balaban J connectivity index is 1.41. The first kappa shape index (κ1) is 24.0. The van der Waals surface area contributed by atoms with Crippen LogP contribution in [0.15, 0.2) is 29.2 Å². The van der Waals surface area contributed by atoms with Crippen LogP contribution in [0.1, 0.15) is 40.3 Å². The second kappa shape index (κ2) is 8.59. The summed E-state index contributed by atoms with van der Waals surface area (Å²) in [6, 6.07) is 3.31. The number of methoxy groups -OCH3 is 1. The monoisotopic (exact) mass is 529 g/mol. The van der Waals surface area contributed by atoms with Crippen molar-refractivity contribution in [2.24, 2.45) is 11.8 Å². The van der Waals surface area contributed by atoms with E-state index in [1.165, 1.54) is 18.3 Å². The first-order valence-electron chi connectivity index (χ1n) is 12.1. The van der Waals surface area contributed by atoms with Crippen LogP contribution in [0.5, 0.6) is 5.75 Å². The standard InChI is InChI=1S/C25H25F2N5O4S/c1-30-25(6-5-13-9-17(13)25)31(7-8-36-2)24(35)20-22(34)21(33)16(12-32(20)30)23-29-28-19(37-23)10-14-3-4-15(26)11-18(14)27/h3-4,11-13,17,34H,5-10H2,1-2H3/t13?,17-,25?/m1/s1. The highest BCUT2D eigenvalue weighted by Gasteiger charge is 2.66. The number of aromatic nitrogens is 3. The van der Waals surface area contributed by atoms with Gasteiger partial charge in [0.1, 0.15) is 22.3 Å². The molecule has 1 aliphatic heterocycles. The van der Waals surface area contributed by atoms with Gasteiger partial charge >= 0.3 is 0 Å². The Hall–Kier alpha value is -3.38. The van der Waals surface area contributed by atoms with Gasteiger partial charge in [-0.3, -0.25) is 19.3 Å². The van der Waals surface area contributed by atoms with E-state index in [2.05, 4.69) is 10.2 Å². The number of ether oxygens (including phenoxy) is 1. The summed E-state index contributed by atoms with van der Waals surface area (Å²) in [5.41, 5.74) is -1.06. The molecule has 1 N–H and O–H groups in total. The van der Waals surface area contributed by atoms with Crippen molar-refractivity contribution < 1.29 is 23.4 Å². The Morgan fingerprint density at radius 3 is 2.76 bits per heavy atom. The summed E-state index contributed by atoms with van der Waals surface area (Å²) in [7, 11) is 3.44. The lowest BCUT2D eigenvalue weighted by Gasteiger charge is -2.54. The number of rotatable bonds is 6. The minimum Gasteiger partial charge on any atom is -0.502 e. The third-order valence-electron chi connectivity index (χ3n) is 7.94. The van der Waals surface area contributed by atoms with Crippen LogP contribution in [0.25, 0.3) is 10.6 Å². The van der Waals surface area contributed by atoms with Crippen molar-refractivity contribution in [2.45, 2.75) is 31.3 Å². The van der Waals surface area contributed by atoms with E-state index in [4.69, 9.17) is 4.74 Å². The second-order valence-electron chi connectivity index (χ2n) is 9.82. The summed E-state index contributed by atoms with van der Waals surface area (Å²) in [5, 5.41) is 21.8. The third-order valence-corrected chi connectivity index (χ3v) is 8.89. The van der Waals surface area contributed by atoms with Crippen molar-refractivity contribution in [3.05, 3.63) is 62.5 Å². The SMILES string of the molecule is COCCN1C(=O)c2c(O)c(=O)c(-c3nnc(Cc4ccc(F)cc4F)s3)cn2N(C)C12CCC1C[C@H]12. The van der Waals surface area contributed by atoms with Crippen LogP contribution in [0, 0.1) is 23.5 Å². The van der Waals surface area contributed by atoms with E-state index in [0.29, 0.717) is 30.0 Å². The zero-order valence-corrected chi connectivity index (χ0v) is 21.1. The first-order valence-corrected chi connectivity index (χ1v) is 12.9. The van der Waals surface area contributed by atoms with E-state index in [1.54, 1.807) is 16.7 Å². The average Bonchev–Trinajstić information content (AvgIpc) is 3.35. The molecule has 2 saturated carbocycles. The maximum Gasteiger partial charge on any atom is 0.278 e. The quantitative estimate of drug-likeness (QED) is 0.524. The number of halogens is 2. The largest absolute Gasteiger partial charge is 0.502 e. The Morgan fingerprint density at radius 1 is 1.27 bits per heavy atom. The summed E-state index contributed by atoms with van der Waals surface area (Å²) in [6.45, 7) is 0.683.